The van der Waals surface area contributed by atoms with E-state index in [4.69, 9.17) is 21.5 Å². The number of halogens is 4. The highest BCUT2D eigenvalue weighted by molar-refractivity contribution is 7.99. The standard InChI is InChI=1S/C48H57ClF3N5O6S3/c1-47(2)21-19-37(43(32-47)35-9-13-38(49)14-10-35)33-55-24-26-56(27-25-55)39-15-11-36(12-16-39)46(58)57(44-18-17-42(66(53,61)62)31-45(44)65(59,60)48(50,51)52)40(34-64-41-7-4-3-5-8-41)20-23-54-22-6-29-63-30-28-54/h3-5,7-18,31,40H,6,19-30,32-34H2,1-2H3,(H2,53,61,62)/t40-/m1/s1. The van der Waals surface area contributed by atoms with Crippen LogP contribution in [0.25, 0.3) is 5.57 Å². The van der Waals surface area contributed by atoms with Crippen molar-refractivity contribution in [2.75, 3.05) is 81.1 Å². The molecule has 0 saturated carbocycles. The van der Waals surface area contributed by atoms with Gasteiger partial charge in [0, 0.05) is 91.9 Å². The van der Waals surface area contributed by atoms with Crippen LogP contribution in [0.3, 0.4) is 0 Å². The van der Waals surface area contributed by atoms with Crippen LogP contribution in [0.5, 0.6) is 0 Å². The molecule has 2 heterocycles. The molecule has 1 atom stereocenters. The van der Waals surface area contributed by atoms with Gasteiger partial charge < -0.3 is 19.4 Å². The molecule has 2 fully saturated rings. The normalized spacial score (nSPS) is 18.5. The largest absolute Gasteiger partial charge is 0.501 e. The smallest absolute Gasteiger partial charge is 0.380 e. The Morgan fingerprint density at radius 2 is 1.58 bits per heavy atom. The first-order valence-electron chi connectivity index (χ1n) is 22.1. The lowest BCUT2D eigenvalue weighted by molar-refractivity contribution is -0.0436. The van der Waals surface area contributed by atoms with E-state index in [9.17, 15) is 30.0 Å². The van der Waals surface area contributed by atoms with Gasteiger partial charge in [0.2, 0.25) is 10.0 Å². The summed E-state index contributed by atoms with van der Waals surface area (Å²) in [6, 6.07) is 25.6. The molecule has 3 aliphatic rings. The van der Waals surface area contributed by atoms with Gasteiger partial charge in [0.05, 0.1) is 17.2 Å². The number of ether oxygens (including phenoxy) is 1. The van der Waals surface area contributed by atoms with E-state index >= 15 is 4.79 Å². The predicted octanol–water partition coefficient (Wildman–Crippen LogP) is 8.99. The number of thioether (sulfide) groups is 1. The highest BCUT2D eigenvalue weighted by Gasteiger charge is 2.49. The minimum atomic E-state index is -6.22. The number of carbonyl (C=O) groups excluding carboxylic acids is 1. The first-order chi connectivity index (χ1) is 31.3. The van der Waals surface area contributed by atoms with Crippen molar-refractivity contribution in [1.29, 1.82) is 0 Å². The Hall–Kier alpha value is -3.94. The number of piperazine rings is 1. The van der Waals surface area contributed by atoms with Crippen molar-refractivity contribution in [3.05, 3.63) is 119 Å². The summed E-state index contributed by atoms with van der Waals surface area (Å²) in [6.07, 6.45) is 4.14. The van der Waals surface area contributed by atoms with Crippen molar-refractivity contribution in [3.63, 3.8) is 0 Å². The van der Waals surface area contributed by atoms with Crippen molar-refractivity contribution >= 4 is 66.1 Å². The molecular weight excluding hydrogens is 931 g/mol. The molecule has 1 amide bonds. The van der Waals surface area contributed by atoms with Crippen molar-refractivity contribution in [2.24, 2.45) is 10.6 Å². The molecule has 0 radical (unpaired) electrons. The maximum Gasteiger partial charge on any atom is 0.501 e. The number of nitrogens with two attached hydrogens (primary N) is 1. The van der Waals surface area contributed by atoms with Gasteiger partial charge in [0.1, 0.15) is 4.90 Å². The molecule has 66 heavy (non-hydrogen) atoms. The molecule has 4 aromatic carbocycles. The van der Waals surface area contributed by atoms with Gasteiger partial charge in [-0.3, -0.25) is 9.69 Å². The van der Waals surface area contributed by atoms with Gasteiger partial charge >= 0.3 is 5.51 Å². The summed E-state index contributed by atoms with van der Waals surface area (Å²) in [7, 11) is -10.9. The number of carbonyl (C=O) groups is 1. The number of rotatable bonds is 15. The summed E-state index contributed by atoms with van der Waals surface area (Å²) in [5, 5.41) is 6.03. The van der Waals surface area contributed by atoms with Gasteiger partial charge in [0.15, 0.2) is 0 Å². The van der Waals surface area contributed by atoms with Crippen LogP contribution in [0.1, 0.15) is 61.9 Å². The number of sulfone groups is 1. The molecule has 0 aromatic heterocycles. The number of primary sulfonamides is 1. The fraction of sp³-hybridized carbons (Fsp3) is 0.438. The maximum absolute atomic E-state index is 15.1. The zero-order valence-electron chi connectivity index (χ0n) is 37.2. The second-order valence-electron chi connectivity index (χ2n) is 17.9. The average Bonchev–Trinajstić information content (AvgIpc) is 3.57. The monoisotopic (exact) mass is 987 g/mol. The number of hydrogen-bond donors (Lipinski definition) is 1. The van der Waals surface area contributed by atoms with E-state index in [-0.39, 0.29) is 23.2 Å². The molecule has 356 valence electrons. The minimum Gasteiger partial charge on any atom is -0.380 e. The molecule has 2 N–H and O–H groups in total. The first kappa shape index (κ1) is 50.0. The third-order valence-electron chi connectivity index (χ3n) is 12.6. The van der Waals surface area contributed by atoms with Gasteiger partial charge in [-0.15, -0.1) is 11.8 Å². The molecule has 2 aliphatic heterocycles. The van der Waals surface area contributed by atoms with Crippen molar-refractivity contribution in [3.8, 4) is 0 Å². The number of allylic oxidation sites excluding steroid dienone is 1. The lowest BCUT2D eigenvalue weighted by atomic mass is 9.72. The predicted molar refractivity (Wildman–Crippen MR) is 256 cm³/mol. The Labute approximate surface area is 396 Å². The maximum atomic E-state index is 15.1. The van der Waals surface area contributed by atoms with Crippen LogP contribution in [0.2, 0.25) is 5.02 Å². The van der Waals surface area contributed by atoms with E-state index in [0.717, 1.165) is 86.0 Å². The Morgan fingerprint density at radius 1 is 0.879 bits per heavy atom. The lowest BCUT2D eigenvalue weighted by Gasteiger charge is -2.39. The summed E-state index contributed by atoms with van der Waals surface area (Å²) >= 11 is 7.60. The van der Waals surface area contributed by atoms with Crippen molar-refractivity contribution in [1.82, 2.24) is 9.80 Å². The Balaban J connectivity index is 1.18. The van der Waals surface area contributed by atoms with Crippen LogP contribution < -0.4 is 14.9 Å². The van der Waals surface area contributed by atoms with Gasteiger partial charge in [-0.1, -0.05) is 61.4 Å². The van der Waals surface area contributed by atoms with E-state index < -0.39 is 52.8 Å². The fourth-order valence-electron chi connectivity index (χ4n) is 8.88. The molecule has 18 heteroatoms. The van der Waals surface area contributed by atoms with Crippen molar-refractivity contribution < 1.29 is 39.5 Å². The molecule has 11 nitrogen and oxygen atoms in total. The number of amides is 1. The van der Waals surface area contributed by atoms with Crippen LogP contribution in [-0.4, -0.2) is 115 Å². The fourth-order valence-corrected chi connectivity index (χ4v) is 11.6. The molecule has 1 aliphatic carbocycles. The summed E-state index contributed by atoms with van der Waals surface area (Å²) < 4.78 is 101. The zero-order chi connectivity index (χ0) is 47.3. The van der Waals surface area contributed by atoms with Crippen LogP contribution >= 0.6 is 23.4 Å². The van der Waals surface area contributed by atoms with E-state index in [1.165, 1.54) is 28.5 Å². The highest BCUT2D eigenvalue weighted by atomic mass is 35.5. The number of benzene rings is 4. The third kappa shape index (κ3) is 12.4. The highest BCUT2D eigenvalue weighted by Crippen LogP contribution is 2.44. The molecule has 0 bridgehead atoms. The second kappa shape index (κ2) is 21.1. The molecule has 4 aromatic rings. The van der Waals surface area contributed by atoms with Gasteiger partial charge in [-0.25, -0.2) is 22.0 Å². The summed E-state index contributed by atoms with van der Waals surface area (Å²) in [5.74, 6) is -0.576. The topological polar surface area (TPSA) is 134 Å². The second-order valence-corrected chi connectivity index (χ2v) is 22.9. The number of hydrogen-bond acceptors (Lipinski definition) is 10. The Kier molecular flexibility index (Phi) is 16.0. The van der Waals surface area contributed by atoms with Crippen LogP contribution in [-0.2, 0) is 24.6 Å². The van der Waals surface area contributed by atoms with Gasteiger partial charge in [-0.05, 0) is 115 Å². The quantitative estimate of drug-likeness (QED) is 0.115. The molecular formula is C48H57ClF3N5O6S3. The number of anilines is 2. The van der Waals surface area contributed by atoms with Gasteiger partial charge in [0.25, 0.3) is 15.7 Å². The van der Waals surface area contributed by atoms with Gasteiger partial charge in [-0.2, -0.15) is 13.2 Å². The zero-order valence-corrected chi connectivity index (χ0v) is 40.4. The lowest BCUT2D eigenvalue weighted by Crippen LogP contribution is -2.47. The van der Waals surface area contributed by atoms with E-state index in [2.05, 4.69) is 40.7 Å². The van der Waals surface area contributed by atoms with E-state index in [1.54, 1.807) is 24.3 Å². The summed E-state index contributed by atoms with van der Waals surface area (Å²) in [5.41, 5.74) is -1.21. The Bertz CT molecular complexity index is 2570. The molecule has 0 spiro atoms. The minimum absolute atomic E-state index is 0.114. The Morgan fingerprint density at radius 3 is 2.24 bits per heavy atom. The summed E-state index contributed by atoms with van der Waals surface area (Å²) in [6.45, 7) is 11.3. The molecule has 0 unspecified atom stereocenters. The summed E-state index contributed by atoms with van der Waals surface area (Å²) in [4.78, 5) is 21.6. The van der Waals surface area contributed by atoms with Crippen molar-refractivity contribution in [2.45, 2.75) is 72.2 Å². The molecule has 7 rings (SSSR count). The number of nitrogens with zero attached hydrogens (tertiary/aromatic N) is 4. The average molecular weight is 989 g/mol. The third-order valence-corrected chi connectivity index (χ3v) is 16.5. The SMILES string of the molecule is CC1(C)CCC(CN2CCN(c3ccc(C(=O)N(c4ccc(S(N)(=O)=O)cc4S(=O)(=O)C(F)(F)F)[C@H](CCN4CCCOCC4)CSc4ccccc4)cc3)CC2)=C(c2ccc(Cl)cc2)C1. The van der Waals surface area contributed by atoms with Crippen LogP contribution in [0, 0.1) is 5.41 Å². The first-order valence-corrected chi connectivity index (χ1v) is 26.5. The van der Waals surface area contributed by atoms with E-state index in [0.29, 0.717) is 43.9 Å². The molecule has 2 saturated heterocycles. The van der Waals surface area contributed by atoms with E-state index in [1.807, 2.05) is 42.5 Å². The van der Waals surface area contributed by atoms with Crippen LogP contribution in [0.4, 0.5) is 24.5 Å². The number of sulfonamides is 1. The number of alkyl halides is 3. The van der Waals surface area contributed by atoms with Crippen LogP contribution in [0.15, 0.2) is 117 Å².